The van der Waals surface area contributed by atoms with Crippen LogP contribution in [0.2, 0.25) is 0 Å². The summed E-state index contributed by atoms with van der Waals surface area (Å²) in [4.78, 5) is 16.0. The number of nitrogen functional groups attached to an aromatic ring is 1. The molecule has 1 rings (SSSR count). The van der Waals surface area contributed by atoms with Gasteiger partial charge in [0.05, 0.1) is 17.2 Å². The molecule has 3 N–H and O–H groups in total. The number of nitrogens with one attached hydrogen (secondary N) is 1. The molecule has 1 aromatic rings. The fraction of sp³-hybridized carbons (Fsp3) is 0.643. The number of nitrogens with two attached hydrogens (primary N) is 1. The third-order valence-electron chi connectivity index (χ3n) is 3.06. The van der Waals surface area contributed by atoms with Crippen LogP contribution in [0.5, 0.6) is 0 Å². The topological polar surface area (TPSA) is 67.6 Å². The summed E-state index contributed by atoms with van der Waals surface area (Å²) in [6, 6.07) is 0. The van der Waals surface area contributed by atoms with Gasteiger partial charge in [-0.2, -0.15) is 0 Å². The molecule has 0 atom stereocenters. The van der Waals surface area contributed by atoms with Crippen LogP contribution in [0.15, 0.2) is 4.90 Å². The number of nitrogens with zero attached hydrogens (tertiary/aromatic N) is 1. The van der Waals surface area contributed by atoms with Crippen molar-refractivity contribution in [2.45, 2.75) is 25.2 Å². The fourth-order valence-corrected chi connectivity index (χ4v) is 4.10. The molecule has 0 aliphatic carbocycles. The Kier molecular flexibility index (Phi) is 7.92. The standard InChI is InChI=1S/C14H25N3O2S2/c1-5-7-16-13(18)11-10(15)12(20-4)14(21-11)17(6-2)8-9-19-3/h5-9,15H2,1-4H3,(H,16,18). The van der Waals surface area contributed by atoms with Crippen LogP contribution in [-0.4, -0.2) is 45.5 Å². The second kappa shape index (κ2) is 9.17. The lowest BCUT2D eigenvalue weighted by Crippen LogP contribution is -2.26. The van der Waals surface area contributed by atoms with E-state index in [4.69, 9.17) is 10.5 Å². The Bertz CT molecular complexity index is 463. The van der Waals surface area contributed by atoms with E-state index in [0.29, 0.717) is 23.7 Å². The zero-order valence-corrected chi connectivity index (χ0v) is 14.8. The maximum absolute atomic E-state index is 12.2. The monoisotopic (exact) mass is 331 g/mol. The smallest absolute Gasteiger partial charge is 0.263 e. The van der Waals surface area contributed by atoms with Crippen molar-refractivity contribution in [3.8, 4) is 0 Å². The van der Waals surface area contributed by atoms with E-state index < -0.39 is 0 Å². The minimum Gasteiger partial charge on any atom is -0.396 e. The van der Waals surface area contributed by atoms with Crippen LogP contribution in [0, 0.1) is 0 Å². The Balaban J connectivity index is 3.06. The second-order valence-corrected chi connectivity index (χ2v) is 6.33. The molecule has 0 saturated heterocycles. The van der Waals surface area contributed by atoms with Gasteiger partial charge >= 0.3 is 0 Å². The van der Waals surface area contributed by atoms with Crippen molar-refractivity contribution in [1.82, 2.24) is 5.32 Å². The lowest BCUT2D eigenvalue weighted by molar-refractivity contribution is 0.0958. The summed E-state index contributed by atoms with van der Waals surface area (Å²) in [6.07, 6.45) is 2.90. The van der Waals surface area contributed by atoms with Crippen molar-refractivity contribution in [2.75, 3.05) is 50.2 Å². The Labute approximate surface area is 135 Å². The van der Waals surface area contributed by atoms with Gasteiger partial charge < -0.3 is 20.7 Å². The van der Waals surface area contributed by atoms with Gasteiger partial charge in [-0.1, -0.05) is 6.92 Å². The SMILES string of the molecule is CCCNC(=O)c1sc(N(CC)CCOC)c(SC)c1N. The first kappa shape index (κ1) is 18.1. The van der Waals surface area contributed by atoms with E-state index in [0.717, 1.165) is 29.4 Å². The summed E-state index contributed by atoms with van der Waals surface area (Å²) in [7, 11) is 1.69. The fourth-order valence-electron chi connectivity index (χ4n) is 1.91. The summed E-state index contributed by atoms with van der Waals surface area (Å²) in [6.45, 7) is 7.08. The molecule has 120 valence electrons. The van der Waals surface area contributed by atoms with Gasteiger partial charge in [-0.05, 0) is 19.6 Å². The maximum Gasteiger partial charge on any atom is 0.263 e. The van der Waals surface area contributed by atoms with E-state index in [2.05, 4.69) is 17.1 Å². The number of hydrogen-bond donors (Lipinski definition) is 2. The van der Waals surface area contributed by atoms with Gasteiger partial charge in [0.15, 0.2) is 0 Å². The Hall–Kier alpha value is -0.920. The first-order valence-electron chi connectivity index (χ1n) is 7.08. The van der Waals surface area contributed by atoms with E-state index in [9.17, 15) is 4.79 Å². The number of methoxy groups -OCH3 is 1. The molecular formula is C14H25N3O2S2. The van der Waals surface area contributed by atoms with E-state index in [1.807, 2.05) is 13.2 Å². The number of rotatable bonds is 9. The van der Waals surface area contributed by atoms with Gasteiger partial charge in [0.25, 0.3) is 5.91 Å². The largest absolute Gasteiger partial charge is 0.396 e. The zero-order valence-electron chi connectivity index (χ0n) is 13.2. The van der Waals surface area contributed by atoms with Crippen molar-refractivity contribution in [2.24, 2.45) is 0 Å². The molecule has 0 spiro atoms. The van der Waals surface area contributed by atoms with Crippen molar-refractivity contribution in [3.05, 3.63) is 4.88 Å². The summed E-state index contributed by atoms with van der Waals surface area (Å²) in [5, 5.41) is 3.95. The van der Waals surface area contributed by atoms with Crippen LogP contribution >= 0.6 is 23.1 Å². The van der Waals surface area contributed by atoms with Crippen LogP contribution in [0.1, 0.15) is 29.9 Å². The Morgan fingerprint density at radius 2 is 2.19 bits per heavy atom. The van der Waals surface area contributed by atoms with E-state index in [1.54, 1.807) is 18.9 Å². The highest BCUT2D eigenvalue weighted by Crippen LogP contribution is 2.43. The average molecular weight is 332 g/mol. The zero-order chi connectivity index (χ0) is 15.8. The number of ether oxygens (including phenoxy) is 1. The number of likely N-dealkylation sites (N-methyl/N-ethyl adjacent to an activating group) is 1. The summed E-state index contributed by atoms with van der Waals surface area (Å²) in [5.41, 5.74) is 6.77. The van der Waals surface area contributed by atoms with Gasteiger partial charge in [0, 0.05) is 26.7 Å². The van der Waals surface area contributed by atoms with Crippen LogP contribution in [0.3, 0.4) is 0 Å². The first-order chi connectivity index (χ1) is 10.1. The summed E-state index contributed by atoms with van der Waals surface area (Å²) >= 11 is 3.05. The third kappa shape index (κ3) is 4.52. The lowest BCUT2D eigenvalue weighted by Gasteiger charge is -2.22. The van der Waals surface area contributed by atoms with E-state index >= 15 is 0 Å². The van der Waals surface area contributed by atoms with Gasteiger partial charge in [-0.3, -0.25) is 4.79 Å². The van der Waals surface area contributed by atoms with Crippen molar-refractivity contribution < 1.29 is 9.53 Å². The number of anilines is 2. The number of carbonyl (C=O) groups is 1. The van der Waals surface area contributed by atoms with Gasteiger partial charge in [-0.15, -0.1) is 23.1 Å². The van der Waals surface area contributed by atoms with Crippen molar-refractivity contribution >= 4 is 39.7 Å². The average Bonchev–Trinajstić information content (AvgIpc) is 2.82. The Morgan fingerprint density at radius 3 is 2.71 bits per heavy atom. The second-order valence-electron chi connectivity index (χ2n) is 4.51. The number of thiophene rings is 1. The van der Waals surface area contributed by atoms with Crippen LogP contribution in [0.4, 0.5) is 10.7 Å². The normalized spacial score (nSPS) is 10.7. The number of thioether (sulfide) groups is 1. The van der Waals surface area contributed by atoms with Crippen LogP contribution in [-0.2, 0) is 4.74 Å². The number of amides is 1. The van der Waals surface area contributed by atoms with Crippen molar-refractivity contribution in [3.63, 3.8) is 0 Å². The molecule has 1 aromatic heterocycles. The molecule has 0 bridgehead atoms. The highest BCUT2D eigenvalue weighted by atomic mass is 32.2. The highest BCUT2D eigenvalue weighted by molar-refractivity contribution is 7.99. The molecule has 0 radical (unpaired) electrons. The quantitative estimate of drug-likeness (QED) is 0.681. The molecule has 0 aliphatic rings. The first-order valence-corrected chi connectivity index (χ1v) is 9.13. The summed E-state index contributed by atoms with van der Waals surface area (Å²) in [5.74, 6) is -0.0799. The summed E-state index contributed by atoms with van der Waals surface area (Å²) < 4.78 is 5.15. The molecule has 0 aliphatic heterocycles. The molecule has 5 nitrogen and oxygen atoms in total. The molecule has 7 heteroatoms. The predicted octanol–water partition coefficient (Wildman–Crippen LogP) is 2.66. The predicted molar refractivity (Wildman–Crippen MR) is 92.9 cm³/mol. The molecule has 1 heterocycles. The van der Waals surface area contributed by atoms with Crippen LogP contribution < -0.4 is 16.0 Å². The van der Waals surface area contributed by atoms with Gasteiger partial charge in [0.2, 0.25) is 0 Å². The molecule has 0 saturated carbocycles. The Morgan fingerprint density at radius 1 is 1.48 bits per heavy atom. The molecule has 21 heavy (non-hydrogen) atoms. The molecule has 0 aromatic carbocycles. The highest BCUT2D eigenvalue weighted by Gasteiger charge is 2.23. The van der Waals surface area contributed by atoms with Gasteiger partial charge in [0.1, 0.15) is 9.88 Å². The van der Waals surface area contributed by atoms with E-state index in [-0.39, 0.29) is 5.91 Å². The van der Waals surface area contributed by atoms with Crippen LogP contribution in [0.25, 0.3) is 0 Å². The minimum absolute atomic E-state index is 0.0799. The molecule has 0 unspecified atom stereocenters. The van der Waals surface area contributed by atoms with Crippen molar-refractivity contribution in [1.29, 1.82) is 0 Å². The third-order valence-corrected chi connectivity index (χ3v) is 5.28. The lowest BCUT2D eigenvalue weighted by atomic mass is 10.3. The van der Waals surface area contributed by atoms with Gasteiger partial charge in [-0.25, -0.2) is 0 Å². The number of carbonyl (C=O) groups excluding carboxylic acids is 1. The van der Waals surface area contributed by atoms with E-state index in [1.165, 1.54) is 11.3 Å². The number of hydrogen-bond acceptors (Lipinski definition) is 6. The molecule has 0 fully saturated rings. The molecule has 1 amide bonds. The molecular weight excluding hydrogens is 306 g/mol. The maximum atomic E-state index is 12.2. The minimum atomic E-state index is -0.0799.